The molecule has 0 unspecified atom stereocenters. The van der Waals surface area contributed by atoms with Gasteiger partial charge >= 0.3 is 0 Å². The van der Waals surface area contributed by atoms with E-state index in [4.69, 9.17) is 16.0 Å². The summed E-state index contributed by atoms with van der Waals surface area (Å²) in [4.78, 5) is 16.8. The van der Waals surface area contributed by atoms with Crippen LogP contribution in [0, 0.1) is 0 Å². The van der Waals surface area contributed by atoms with Crippen LogP contribution in [-0.2, 0) is 4.79 Å². The van der Waals surface area contributed by atoms with E-state index in [1.54, 1.807) is 18.4 Å². The SMILES string of the molecule is C[C@H](Sc1nnc(-c2ccco2)n1C1CCCCC1)C(=O)Nc1ccc(Cl)cn1. The predicted molar refractivity (Wildman–Crippen MR) is 113 cm³/mol. The number of amides is 1. The van der Waals surface area contributed by atoms with Gasteiger partial charge in [0, 0.05) is 12.2 Å². The molecule has 1 fully saturated rings. The van der Waals surface area contributed by atoms with Crippen LogP contribution in [0.1, 0.15) is 45.1 Å². The molecule has 4 rings (SSSR count). The molecule has 3 aromatic rings. The van der Waals surface area contributed by atoms with Crippen LogP contribution >= 0.6 is 23.4 Å². The smallest absolute Gasteiger partial charge is 0.238 e. The van der Waals surface area contributed by atoms with Crippen molar-refractivity contribution in [2.75, 3.05) is 5.32 Å². The number of halogens is 1. The highest BCUT2D eigenvalue weighted by molar-refractivity contribution is 8.00. The van der Waals surface area contributed by atoms with Crippen molar-refractivity contribution in [2.24, 2.45) is 0 Å². The number of rotatable bonds is 6. The summed E-state index contributed by atoms with van der Waals surface area (Å²) in [6.07, 6.45) is 8.92. The fourth-order valence-corrected chi connectivity index (χ4v) is 4.52. The second-order valence-corrected chi connectivity index (χ2v) is 8.80. The van der Waals surface area contributed by atoms with E-state index in [1.165, 1.54) is 37.2 Å². The number of furan rings is 1. The van der Waals surface area contributed by atoms with Gasteiger partial charge in [0.1, 0.15) is 5.82 Å². The van der Waals surface area contributed by atoms with Crippen molar-refractivity contribution in [1.29, 1.82) is 0 Å². The van der Waals surface area contributed by atoms with E-state index < -0.39 is 0 Å². The Kier molecular flexibility index (Phi) is 6.20. The minimum absolute atomic E-state index is 0.150. The van der Waals surface area contributed by atoms with E-state index in [0.29, 0.717) is 22.6 Å². The van der Waals surface area contributed by atoms with Crippen LogP contribution in [0.15, 0.2) is 46.3 Å². The molecule has 1 amide bonds. The maximum atomic E-state index is 12.6. The zero-order valence-corrected chi connectivity index (χ0v) is 17.6. The first kappa shape index (κ1) is 20.0. The lowest BCUT2D eigenvalue weighted by Crippen LogP contribution is -2.24. The monoisotopic (exact) mass is 431 g/mol. The average Bonchev–Trinajstić information content (AvgIpc) is 3.40. The Bertz CT molecular complexity index is 952. The zero-order valence-electron chi connectivity index (χ0n) is 16.0. The molecule has 1 saturated carbocycles. The van der Waals surface area contributed by atoms with Crippen LogP contribution in [0.3, 0.4) is 0 Å². The molecule has 0 saturated heterocycles. The molecule has 0 spiro atoms. The summed E-state index contributed by atoms with van der Waals surface area (Å²) in [7, 11) is 0. The number of pyridine rings is 1. The number of anilines is 1. The molecule has 0 aliphatic heterocycles. The quantitative estimate of drug-likeness (QED) is 0.539. The van der Waals surface area contributed by atoms with Crippen LogP contribution < -0.4 is 5.32 Å². The summed E-state index contributed by atoms with van der Waals surface area (Å²) in [5, 5.41) is 12.5. The van der Waals surface area contributed by atoms with Gasteiger partial charge in [0.2, 0.25) is 11.7 Å². The zero-order chi connectivity index (χ0) is 20.2. The lowest BCUT2D eigenvalue weighted by atomic mass is 9.95. The van der Waals surface area contributed by atoms with E-state index in [-0.39, 0.29) is 11.2 Å². The van der Waals surface area contributed by atoms with Crippen molar-refractivity contribution in [3.8, 4) is 11.6 Å². The number of carbonyl (C=O) groups excluding carboxylic acids is 1. The third kappa shape index (κ3) is 4.64. The molecule has 7 nitrogen and oxygen atoms in total. The molecule has 1 aliphatic rings. The number of aromatic nitrogens is 4. The second kappa shape index (κ2) is 9.00. The number of hydrogen-bond donors (Lipinski definition) is 1. The highest BCUT2D eigenvalue weighted by atomic mass is 35.5. The normalized spacial score (nSPS) is 15.9. The fraction of sp³-hybridized carbons (Fsp3) is 0.400. The van der Waals surface area contributed by atoms with Crippen molar-refractivity contribution in [3.63, 3.8) is 0 Å². The van der Waals surface area contributed by atoms with Gasteiger partial charge in [-0.15, -0.1) is 10.2 Å². The fourth-order valence-electron chi connectivity index (χ4n) is 3.49. The van der Waals surface area contributed by atoms with E-state index in [0.717, 1.165) is 23.8 Å². The molecule has 3 heterocycles. The maximum Gasteiger partial charge on any atom is 0.238 e. The molecule has 1 aliphatic carbocycles. The molecule has 9 heteroatoms. The van der Waals surface area contributed by atoms with Crippen LogP contribution in [-0.4, -0.2) is 30.9 Å². The van der Waals surface area contributed by atoms with Gasteiger partial charge in [-0.05, 0) is 44.0 Å². The average molecular weight is 432 g/mol. The molecule has 0 radical (unpaired) electrons. The van der Waals surface area contributed by atoms with Crippen molar-refractivity contribution in [2.45, 2.75) is 55.5 Å². The van der Waals surface area contributed by atoms with Crippen LogP contribution in [0.4, 0.5) is 5.82 Å². The van der Waals surface area contributed by atoms with E-state index in [2.05, 4.69) is 25.1 Å². The largest absolute Gasteiger partial charge is 0.461 e. The van der Waals surface area contributed by atoms with Gasteiger partial charge in [-0.3, -0.25) is 9.36 Å². The van der Waals surface area contributed by atoms with Crippen molar-refractivity contribution in [3.05, 3.63) is 41.7 Å². The Morgan fingerprint density at radius 3 is 2.79 bits per heavy atom. The summed E-state index contributed by atoms with van der Waals surface area (Å²) < 4.78 is 7.72. The van der Waals surface area contributed by atoms with Crippen LogP contribution in [0.25, 0.3) is 11.6 Å². The van der Waals surface area contributed by atoms with Gasteiger partial charge in [-0.25, -0.2) is 4.98 Å². The Labute approximate surface area is 178 Å². The Morgan fingerprint density at radius 2 is 2.10 bits per heavy atom. The third-order valence-electron chi connectivity index (χ3n) is 4.98. The molecule has 1 atom stereocenters. The standard InChI is InChI=1S/C20H22ClN5O2S/c1-13(19(27)23-17-10-9-14(21)12-22-17)29-20-25-24-18(16-8-5-11-28-16)26(20)15-6-3-2-4-7-15/h5,8-13,15H,2-4,6-7H2,1H3,(H,22,23,27)/t13-/m0/s1. The van der Waals surface area contributed by atoms with Gasteiger partial charge in [-0.1, -0.05) is 42.6 Å². The first-order valence-corrected chi connectivity index (χ1v) is 11.0. The first-order valence-electron chi connectivity index (χ1n) is 9.69. The Balaban J connectivity index is 1.54. The Hall–Kier alpha value is -2.32. The maximum absolute atomic E-state index is 12.6. The van der Waals surface area contributed by atoms with Gasteiger partial charge in [0.05, 0.1) is 16.5 Å². The van der Waals surface area contributed by atoms with Gasteiger partial charge < -0.3 is 9.73 Å². The summed E-state index contributed by atoms with van der Waals surface area (Å²) in [6.45, 7) is 1.85. The lowest BCUT2D eigenvalue weighted by Gasteiger charge is -2.25. The van der Waals surface area contributed by atoms with E-state index in [1.807, 2.05) is 19.1 Å². The van der Waals surface area contributed by atoms with E-state index >= 15 is 0 Å². The summed E-state index contributed by atoms with van der Waals surface area (Å²) in [5.74, 6) is 1.73. The molecule has 0 aromatic carbocycles. The number of hydrogen-bond acceptors (Lipinski definition) is 6. The van der Waals surface area contributed by atoms with Crippen molar-refractivity contribution in [1.82, 2.24) is 19.7 Å². The van der Waals surface area contributed by atoms with Gasteiger partial charge in [0.15, 0.2) is 10.9 Å². The van der Waals surface area contributed by atoms with Crippen LogP contribution in [0.2, 0.25) is 5.02 Å². The van der Waals surface area contributed by atoms with Gasteiger partial charge in [-0.2, -0.15) is 0 Å². The lowest BCUT2D eigenvalue weighted by molar-refractivity contribution is -0.115. The summed E-state index contributed by atoms with van der Waals surface area (Å²) in [5.41, 5.74) is 0. The summed E-state index contributed by atoms with van der Waals surface area (Å²) >= 11 is 7.24. The minimum Gasteiger partial charge on any atom is -0.461 e. The topological polar surface area (TPSA) is 85.8 Å². The highest BCUT2D eigenvalue weighted by Gasteiger charge is 2.27. The molecule has 0 bridgehead atoms. The third-order valence-corrected chi connectivity index (χ3v) is 6.26. The van der Waals surface area contributed by atoms with Crippen molar-refractivity contribution >= 4 is 35.1 Å². The number of nitrogens with one attached hydrogen (secondary N) is 1. The van der Waals surface area contributed by atoms with Crippen LogP contribution in [0.5, 0.6) is 0 Å². The van der Waals surface area contributed by atoms with Gasteiger partial charge in [0.25, 0.3) is 0 Å². The molecule has 152 valence electrons. The molecule has 29 heavy (non-hydrogen) atoms. The molecule has 1 N–H and O–H groups in total. The number of nitrogens with zero attached hydrogens (tertiary/aromatic N) is 4. The first-order chi connectivity index (χ1) is 14.1. The molecular formula is C20H22ClN5O2S. The van der Waals surface area contributed by atoms with Crippen molar-refractivity contribution < 1.29 is 9.21 Å². The second-order valence-electron chi connectivity index (χ2n) is 7.06. The minimum atomic E-state index is -0.372. The molecule has 3 aromatic heterocycles. The highest BCUT2D eigenvalue weighted by Crippen LogP contribution is 2.36. The number of carbonyl (C=O) groups is 1. The molecular weight excluding hydrogens is 410 g/mol. The summed E-state index contributed by atoms with van der Waals surface area (Å²) in [6, 6.07) is 7.42. The predicted octanol–water partition coefficient (Wildman–Crippen LogP) is 5.21. The Morgan fingerprint density at radius 1 is 1.28 bits per heavy atom. The van der Waals surface area contributed by atoms with E-state index in [9.17, 15) is 4.79 Å². The number of thioether (sulfide) groups is 1.